The fraction of sp³-hybridized carbons (Fsp3) is 0.300. The van der Waals surface area contributed by atoms with Crippen molar-refractivity contribution in [1.82, 2.24) is 14.9 Å². The second-order valence-corrected chi connectivity index (χ2v) is 8.67. The Hall–Kier alpha value is -2.91. The van der Waals surface area contributed by atoms with Crippen molar-refractivity contribution in [3.63, 3.8) is 0 Å². The smallest absolute Gasteiger partial charge is 0.408 e. The van der Waals surface area contributed by atoms with Crippen molar-refractivity contribution >= 4 is 22.0 Å². The zero-order valence-electron chi connectivity index (χ0n) is 16.2. The van der Waals surface area contributed by atoms with Crippen molar-refractivity contribution < 1.29 is 23.1 Å². The molecular weight excluding hydrogens is 394 g/mol. The number of benzene rings is 2. The molecule has 0 fully saturated rings. The molecule has 0 spiro atoms. The summed E-state index contributed by atoms with van der Waals surface area (Å²) < 4.78 is 25.7. The van der Waals surface area contributed by atoms with Crippen LogP contribution in [-0.4, -0.2) is 37.5 Å². The minimum atomic E-state index is -3.50. The number of nitrogens with one attached hydrogen (secondary N) is 2. The molecule has 1 heterocycles. The van der Waals surface area contributed by atoms with Gasteiger partial charge < -0.3 is 10.4 Å². The number of hydrogen-bond donors (Lipinski definition) is 3. The van der Waals surface area contributed by atoms with E-state index in [4.69, 9.17) is 0 Å². The first-order chi connectivity index (χ1) is 13.8. The number of fused-ring (bicyclic) bond motifs is 1. The first-order valence-electron chi connectivity index (χ1n) is 9.20. The lowest BCUT2D eigenvalue weighted by Crippen LogP contribution is -2.27. The summed E-state index contributed by atoms with van der Waals surface area (Å²) in [6.07, 6.45) is -0.299. The van der Waals surface area contributed by atoms with Crippen LogP contribution in [0.5, 0.6) is 0 Å². The van der Waals surface area contributed by atoms with Crippen molar-refractivity contribution in [2.24, 2.45) is 0 Å². The largest absolute Gasteiger partial charge is 0.465 e. The number of nitrogens with zero attached hydrogens (tertiary/aromatic N) is 1. The number of carbonyl (C=O) groups excluding carboxylic acids is 1. The second-order valence-electron chi connectivity index (χ2n) is 6.78. The molecule has 3 N–H and O–H groups in total. The van der Waals surface area contributed by atoms with E-state index in [0.717, 1.165) is 16.7 Å². The molecular formula is C20H23N3O5S. The number of rotatable bonds is 6. The standard InChI is InChI=1S/C20H23N3O5S/c1-3-18-17-9-6-14(10-15(17)12-23(18)20(25)26)19(24)22-11-13-4-7-16(8-5-13)29(27,28)21-2/h4-10,18,21H,3,11-12H2,1-2H3,(H,22,24)(H,25,26)/t18-/m0/s1. The van der Waals surface area contributed by atoms with Crippen molar-refractivity contribution in [3.05, 3.63) is 64.7 Å². The normalized spacial score (nSPS) is 15.8. The molecule has 1 atom stereocenters. The van der Waals surface area contributed by atoms with Gasteiger partial charge in [-0.1, -0.05) is 25.1 Å². The molecule has 29 heavy (non-hydrogen) atoms. The third-order valence-corrected chi connectivity index (χ3v) is 6.50. The van der Waals surface area contributed by atoms with E-state index in [1.54, 1.807) is 24.3 Å². The lowest BCUT2D eigenvalue weighted by molar-refractivity contribution is 0.0950. The molecule has 0 saturated heterocycles. The number of amides is 2. The van der Waals surface area contributed by atoms with E-state index in [1.165, 1.54) is 24.1 Å². The molecule has 0 aliphatic carbocycles. The van der Waals surface area contributed by atoms with Crippen LogP contribution in [0.1, 0.15) is 46.4 Å². The van der Waals surface area contributed by atoms with Crippen LogP contribution in [-0.2, 0) is 23.1 Å². The molecule has 2 amide bonds. The molecule has 9 heteroatoms. The van der Waals surface area contributed by atoms with Gasteiger partial charge in [-0.15, -0.1) is 0 Å². The third-order valence-electron chi connectivity index (χ3n) is 5.07. The summed E-state index contributed by atoms with van der Waals surface area (Å²) >= 11 is 0. The lowest BCUT2D eigenvalue weighted by Gasteiger charge is -2.20. The Balaban J connectivity index is 1.68. The van der Waals surface area contributed by atoms with Gasteiger partial charge >= 0.3 is 6.09 Å². The summed E-state index contributed by atoms with van der Waals surface area (Å²) in [5, 5.41) is 12.2. The summed E-state index contributed by atoms with van der Waals surface area (Å²) in [6.45, 7) is 2.45. The van der Waals surface area contributed by atoms with Crippen LogP contribution in [0.4, 0.5) is 4.79 Å². The van der Waals surface area contributed by atoms with Crippen molar-refractivity contribution in [1.29, 1.82) is 0 Å². The Kier molecular flexibility index (Phi) is 5.90. The molecule has 0 radical (unpaired) electrons. The van der Waals surface area contributed by atoms with Gasteiger partial charge in [-0.25, -0.2) is 17.9 Å². The quantitative estimate of drug-likeness (QED) is 0.668. The van der Waals surface area contributed by atoms with Gasteiger partial charge in [-0.2, -0.15) is 0 Å². The average molecular weight is 417 g/mol. The molecule has 0 bridgehead atoms. The van der Waals surface area contributed by atoms with E-state index in [-0.39, 0.29) is 29.9 Å². The minimum absolute atomic E-state index is 0.155. The number of carbonyl (C=O) groups is 2. The Morgan fingerprint density at radius 2 is 1.86 bits per heavy atom. The minimum Gasteiger partial charge on any atom is -0.465 e. The summed E-state index contributed by atoms with van der Waals surface area (Å²) in [5.41, 5.74) is 3.00. The van der Waals surface area contributed by atoms with Gasteiger partial charge in [0.1, 0.15) is 0 Å². The van der Waals surface area contributed by atoms with Gasteiger partial charge in [-0.05, 0) is 54.4 Å². The lowest BCUT2D eigenvalue weighted by atomic mass is 10.0. The number of sulfonamides is 1. The summed E-state index contributed by atoms with van der Waals surface area (Å²) in [6, 6.07) is 11.3. The summed E-state index contributed by atoms with van der Waals surface area (Å²) in [7, 11) is -2.15. The van der Waals surface area contributed by atoms with Gasteiger partial charge in [-0.3, -0.25) is 9.69 Å². The monoisotopic (exact) mass is 417 g/mol. The predicted molar refractivity (Wildman–Crippen MR) is 107 cm³/mol. The Morgan fingerprint density at radius 1 is 1.17 bits per heavy atom. The number of carboxylic acid groups (broad SMARTS) is 1. The molecule has 0 saturated carbocycles. The van der Waals surface area contributed by atoms with Crippen LogP contribution >= 0.6 is 0 Å². The fourth-order valence-corrected chi connectivity index (χ4v) is 4.23. The Labute approximate surface area is 169 Å². The highest BCUT2D eigenvalue weighted by Crippen LogP contribution is 2.36. The average Bonchev–Trinajstić information content (AvgIpc) is 3.10. The SMILES string of the molecule is CC[C@H]1c2ccc(C(=O)NCc3ccc(S(=O)(=O)NC)cc3)cc2CN1C(=O)O. The molecule has 8 nitrogen and oxygen atoms in total. The summed E-state index contributed by atoms with van der Waals surface area (Å²) in [5.74, 6) is -0.276. The fourth-order valence-electron chi connectivity index (χ4n) is 3.50. The molecule has 3 rings (SSSR count). The maximum absolute atomic E-state index is 12.5. The highest BCUT2D eigenvalue weighted by atomic mass is 32.2. The maximum Gasteiger partial charge on any atom is 0.408 e. The predicted octanol–water partition coefficient (Wildman–Crippen LogP) is 2.47. The van der Waals surface area contributed by atoms with E-state index in [2.05, 4.69) is 10.0 Å². The summed E-state index contributed by atoms with van der Waals surface area (Å²) in [4.78, 5) is 25.5. The van der Waals surface area contributed by atoms with Crippen LogP contribution in [0.3, 0.4) is 0 Å². The van der Waals surface area contributed by atoms with Gasteiger partial charge in [0.15, 0.2) is 0 Å². The molecule has 0 unspecified atom stereocenters. The molecule has 1 aliphatic heterocycles. The van der Waals surface area contributed by atoms with E-state index in [1.807, 2.05) is 13.0 Å². The van der Waals surface area contributed by atoms with E-state index >= 15 is 0 Å². The molecule has 2 aromatic carbocycles. The van der Waals surface area contributed by atoms with Gasteiger partial charge in [0.05, 0.1) is 10.9 Å². The molecule has 2 aromatic rings. The van der Waals surface area contributed by atoms with E-state index in [0.29, 0.717) is 12.0 Å². The zero-order chi connectivity index (χ0) is 21.2. The van der Waals surface area contributed by atoms with Gasteiger partial charge in [0, 0.05) is 18.7 Å². The molecule has 0 aromatic heterocycles. The third kappa shape index (κ3) is 4.25. The maximum atomic E-state index is 12.5. The van der Waals surface area contributed by atoms with Crippen LogP contribution < -0.4 is 10.0 Å². The highest BCUT2D eigenvalue weighted by molar-refractivity contribution is 7.89. The highest BCUT2D eigenvalue weighted by Gasteiger charge is 2.32. The first kappa shape index (κ1) is 20.8. The van der Waals surface area contributed by atoms with E-state index < -0.39 is 16.1 Å². The van der Waals surface area contributed by atoms with Crippen LogP contribution in [0.2, 0.25) is 0 Å². The number of hydrogen-bond acceptors (Lipinski definition) is 4. The second kappa shape index (κ2) is 8.22. The topological polar surface area (TPSA) is 116 Å². The van der Waals surface area contributed by atoms with Gasteiger partial charge in [0.25, 0.3) is 5.91 Å². The van der Waals surface area contributed by atoms with Crippen molar-refractivity contribution in [2.45, 2.75) is 37.4 Å². The Morgan fingerprint density at radius 3 is 2.45 bits per heavy atom. The van der Waals surface area contributed by atoms with Crippen LogP contribution in [0.25, 0.3) is 0 Å². The van der Waals surface area contributed by atoms with Crippen LogP contribution in [0, 0.1) is 0 Å². The first-order valence-corrected chi connectivity index (χ1v) is 10.7. The van der Waals surface area contributed by atoms with Crippen LogP contribution in [0.15, 0.2) is 47.4 Å². The molecule has 1 aliphatic rings. The molecule has 154 valence electrons. The Bertz CT molecular complexity index is 1030. The van der Waals surface area contributed by atoms with Crippen molar-refractivity contribution in [3.8, 4) is 0 Å². The van der Waals surface area contributed by atoms with E-state index in [9.17, 15) is 23.1 Å². The van der Waals surface area contributed by atoms with Gasteiger partial charge in [0.2, 0.25) is 10.0 Å². The van der Waals surface area contributed by atoms with Crippen molar-refractivity contribution in [2.75, 3.05) is 7.05 Å². The zero-order valence-corrected chi connectivity index (χ0v) is 17.0.